The Bertz CT molecular complexity index is 1420. The summed E-state index contributed by atoms with van der Waals surface area (Å²) < 4.78 is 38.6. The predicted octanol–water partition coefficient (Wildman–Crippen LogP) is 5.72. The molecule has 0 atom stereocenters. The zero-order valence-electron chi connectivity index (χ0n) is 19.2. The number of fused-ring (bicyclic) bond motifs is 2. The lowest BCUT2D eigenvalue weighted by atomic mass is 10.0. The molecule has 0 amide bonds. The van der Waals surface area contributed by atoms with E-state index in [1.807, 2.05) is 12.1 Å². The molecule has 0 radical (unpaired) electrons. The number of aryl methyl sites for hydroxylation is 1. The summed E-state index contributed by atoms with van der Waals surface area (Å²) in [4.78, 5) is 10.5. The number of halogens is 3. The van der Waals surface area contributed by atoms with Gasteiger partial charge in [-0.2, -0.15) is 18.4 Å². The Balaban J connectivity index is 1.25. The largest absolute Gasteiger partial charge is 0.393 e. The molecule has 3 aromatic heterocycles. The molecule has 0 unspecified atom stereocenters. The number of nitrogens with zero attached hydrogens (tertiary/aromatic N) is 3. The molecule has 1 fully saturated rings. The van der Waals surface area contributed by atoms with Crippen molar-refractivity contribution in [2.75, 3.05) is 24.1 Å². The van der Waals surface area contributed by atoms with Crippen LogP contribution in [0, 0.1) is 18.3 Å². The minimum atomic E-state index is -4.26. The number of H-pyrrole nitrogens is 1. The fraction of sp³-hybridized carbons (Fsp3) is 0.360. The number of aromatic nitrogens is 2. The van der Waals surface area contributed by atoms with Crippen molar-refractivity contribution in [3.63, 3.8) is 0 Å². The normalized spacial score (nSPS) is 15.6. The summed E-state index contributed by atoms with van der Waals surface area (Å²) in [6.45, 7) is 4.73. The van der Waals surface area contributed by atoms with Gasteiger partial charge in [0.2, 0.25) is 0 Å². The Morgan fingerprint density at radius 3 is 2.71 bits per heavy atom. The van der Waals surface area contributed by atoms with Crippen LogP contribution in [-0.2, 0) is 13.0 Å². The third-order valence-electron chi connectivity index (χ3n) is 6.60. The first-order valence-electron chi connectivity index (χ1n) is 11.4. The molecule has 5 rings (SSSR count). The molecule has 0 saturated carbocycles. The fourth-order valence-electron chi connectivity index (χ4n) is 4.81. The number of hydrogen-bond donors (Lipinski definition) is 3. The van der Waals surface area contributed by atoms with Gasteiger partial charge in [-0.25, -0.2) is 4.98 Å². The maximum absolute atomic E-state index is 12.9. The number of nitrogen functional groups attached to an aromatic ring is 1. The zero-order chi connectivity index (χ0) is 24.7. The summed E-state index contributed by atoms with van der Waals surface area (Å²) in [7, 11) is 0. The van der Waals surface area contributed by atoms with Crippen molar-refractivity contribution in [3.8, 4) is 6.07 Å². The lowest BCUT2D eigenvalue weighted by molar-refractivity contribution is -0.126. The van der Waals surface area contributed by atoms with Gasteiger partial charge in [-0.05, 0) is 49.1 Å². The van der Waals surface area contributed by atoms with Crippen molar-refractivity contribution in [1.29, 1.82) is 5.26 Å². The summed E-state index contributed by atoms with van der Waals surface area (Å²) in [5.74, 6) is 0.299. The number of anilines is 2. The van der Waals surface area contributed by atoms with Crippen LogP contribution in [0.1, 0.15) is 34.5 Å². The highest BCUT2D eigenvalue weighted by Crippen LogP contribution is 2.35. The number of thiophene rings is 1. The van der Waals surface area contributed by atoms with E-state index in [0.717, 1.165) is 60.4 Å². The van der Waals surface area contributed by atoms with Gasteiger partial charge in [-0.15, -0.1) is 11.3 Å². The molecular weight excluding hydrogens is 473 g/mol. The van der Waals surface area contributed by atoms with Crippen LogP contribution in [-0.4, -0.2) is 40.2 Å². The molecule has 10 heteroatoms. The third kappa shape index (κ3) is 5.06. The highest BCUT2D eigenvalue weighted by molar-refractivity contribution is 7.18. The number of rotatable bonds is 5. The molecule has 4 N–H and O–H groups in total. The lowest BCUT2D eigenvalue weighted by Crippen LogP contribution is -2.38. The van der Waals surface area contributed by atoms with E-state index in [2.05, 4.69) is 39.2 Å². The van der Waals surface area contributed by atoms with Crippen molar-refractivity contribution in [2.24, 2.45) is 0 Å². The van der Waals surface area contributed by atoms with Gasteiger partial charge in [-0.3, -0.25) is 4.90 Å². The summed E-state index contributed by atoms with van der Waals surface area (Å²) in [6.07, 6.45) is -3.40. The number of hydrogen-bond acceptors (Lipinski definition) is 6. The number of piperidine rings is 1. The summed E-state index contributed by atoms with van der Waals surface area (Å²) in [5.41, 5.74) is 10.7. The zero-order valence-corrected chi connectivity index (χ0v) is 20.0. The first-order chi connectivity index (χ1) is 16.7. The van der Waals surface area contributed by atoms with Crippen molar-refractivity contribution in [3.05, 3.63) is 52.0 Å². The molecule has 6 nitrogen and oxygen atoms in total. The topological polar surface area (TPSA) is 93.8 Å². The van der Waals surface area contributed by atoms with Gasteiger partial charge in [0, 0.05) is 58.6 Å². The van der Waals surface area contributed by atoms with Crippen LogP contribution in [0.5, 0.6) is 0 Å². The third-order valence-corrected chi connectivity index (χ3v) is 7.63. The van der Waals surface area contributed by atoms with Crippen LogP contribution in [0.2, 0.25) is 0 Å². The van der Waals surface area contributed by atoms with E-state index < -0.39 is 12.6 Å². The van der Waals surface area contributed by atoms with E-state index in [1.54, 1.807) is 12.1 Å². The minimum Gasteiger partial charge on any atom is -0.384 e. The van der Waals surface area contributed by atoms with Crippen LogP contribution in [0.25, 0.3) is 21.1 Å². The molecule has 0 spiro atoms. The highest BCUT2D eigenvalue weighted by Gasteiger charge is 2.29. The van der Waals surface area contributed by atoms with Gasteiger partial charge in [0.25, 0.3) is 0 Å². The number of nitrogens with one attached hydrogen (secondary N) is 2. The maximum atomic E-state index is 12.9. The predicted molar refractivity (Wildman–Crippen MR) is 133 cm³/mol. The second-order valence-corrected chi connectivity index (χ2v) is 10.2. The monoisotopic (exact) mass is 498 g/mol. The molecule has 0 bridgehead atoms. The quantitative estimate of drug-likeness (QED) is 0.327. The summed E-state index contributed by atoms with van der Waals surface area (Å²) >= 11 is 1.04. The number of alkyl halides is 3. The maximum Gasteiger partial charge on any atom is 0.393 e. The van der Waals surface area contributed by atoms with Crippen LogP contribution in [0.3, 0.4) is 0 Å². The standard InChI is InChI=1S/C25H25F3N6S/c1-14-15(2-3-21-19(14)8-17(12-29)32-21)13-34-6-4-16(5-7-34)31-22-10-23(30)33-24-20(22)9-18(35-24)11-25(26,27)28/h2-3,8-10,16,32H,4-7,11,13H2,1H3,(H3,30,31,33). The number of likely N-dealkylation sites (tertiary alicyclic amines) is 1. The van der Waals surface area contributed by atoms with Gasteiger partial charge in [0.05, 0.1) is 6.42 Å². The molecule has 35 heavy (non-hydrogen) atoms. The van der Waals surface area contributed by atoms with Gasteiger partial charge >= 0.3 is 6.18 Å². The van der Waals surface area contributed by atoms with Crippen molar-refractivity contribution >= 4 is 44.0 Å². The number of pyridine rings is 1. The van der Waals surface area contributed by atoms with E-state index in [-0.39, 0.29) is 10.9 Å². The average Bonchev–Trinajstić information content (AvgIpc) is 3.39. The highest BCUT2D eigenvalue weighted by atomic mass is 32.1. The fourth-order valence-corrected chi connectivity index (χ4v) is 5.90. The van der Waals surface area contributed by atoms with Crippen molar-refractivity contribution in [1.82, 2.24) is 14.9 Å². The molecule has 1 aliphatic heterocycles. The molecular formula is C25H25F3N6S. The second-order valence-electron chi connectivity index (χ2n) is 9.12. The first-order valence-corrected chi connectivity index (χ1v) is 12.3. The second kappa shape index (κ2) is 9.06. The van der Waals surface area contributed by atoms with Gasteiger partial charge < -0.3 is 16.0 Å². The lowest BCUT2D eigenvalue weighted by Gasteiger charge is -2.33. The first kappa shape index (κ1) is 23.5. The molecule has 182 valence electrons. The Kier molecular flexibility index (Phi) is 6.07. The Labute approximate surface area is 204 Å². The summed E-state index contributed by atoms with van der Waals surface area (Å²) in [6, 6.07) is 11.7. The SMILES string of the molecule is Cc1c(CN2CCC(Nc3cc(N)nc4sc(CC(F)(F)F)cc34)CC2)ccc2[nH]c(C#N)cc12. The van der Waals surface area contributed by atoms with E-state index in [0.29, 0.717) is 21.7 Å². The summed E-state index contributed by atoms with van der Waals surface area (Å²) in [5, 5.41) is 14.4. The number of benzene rings is 1. The average molecular weight is 499 g/mol. The van der Waals surface area contributed by atoms with Crippen molar-refractivity contribution in [2.45, 2.75) is 44.9 Å². The van der Waals surface area contributed by atoms with Gasteiger partial charge in [0.15, 0.2) is 0 Å². The minimum absolute atomic E-state index is 0.202. The number of nitrogens with two attached hydrogens (primary N) is 1. The van der Waals surface area contributed by atoms with Crippen LogP contribution >= 0.6 is 11.3 Å². The molecule has 4 aromatic rings. The Morgan fingerprint density at radius 1 is 1.23 bits per heavy atom. The smallest absolute Gasteiger partial charge is 0.384 e. The van der Waals surface area contributed by atoms with Gasteiger partial charge in [-0.1, -0.05) is 6.07 Å². The number of nitriles is 1. The molecule has 1 saturated heterocycles. The Hall–Kier alpha value is -3.29. The van der Waals surface area contributed by atoms with Crippen LogP contribution < -0.4 is 11.1 Å². The molecule has 0 aliphatic carbocycles. The van der Waals surface area contributed by atoms with E-state index in [9.17, 15) is 13.2 Å². The molecule has 4 heterocycles. The van der Waals surface area contributed by atoms with Crippen LogP contribution in [0.15, 0.2) is 30.3 Å². The van der Waals surface area contributed by atoms with E-state index >= 15 is 0 Å². The van der Waals surface area contributed by atoms with Gasteiger partial charge in [0.1, 0.15) is 22.4 Å². The van der Waals surface area contributed by atoms with Crippen LogP contribution in [0.4, 0.5) is 24.7 Å². The Morgan fingerprint density at radius 2 is 2.00 bits per heavy atom. The molecule has 1 aromatic carbocycles. The van der Waals surface area contributed by atoms with E-state index in [4.69, 9.17) is 11.0 Å². The number of aromatic amines is 1. The van der Waals surface area contributed by atoms with E-state index in [1.165, 1.54) is 11.1 Å². The van der Waals surface area contributed by atoms with Crippen molar-refractivity contribution < 1.29 is 13.2 Å². The molecule has 1 aliphatic rings.